The summed E-state index contributed by atoms with van der Waals surface area (Å²) < 4.78 is 18.2. The maximum atomic E-state index is 12.9. The van der Waals surface area contributed by atoms with Gasteiger partial charge in [-0.2, -0.15) is 0 Å². The Morgan fingerprint density at radius 2 is 2.39 bits per heavy atom. The molecule has 6 heteroatoms. The summed E-state index contributed by atoms with van der Waals surface area (Å²) in [5.41, 5.74) is 0.261. The van der Waals surface area contributed by atoms with Crippen molar-refractivity contribution in [1.82, 2.24) is 4.90 Å². The van der Waals surface area contributed by atoms with Crippen molar-refractivity contribution in [3.05, 3.63) is 34.6 Å². The maximum absolute atomic E-state index is 12.9. The predicted molar refractivity (Wildman–Crippen MR) is 64.1 cm³/mol. The Labute approximate surface area is 109 Å². The summed E-state index contributed by atoms with van der Waals surface area (Å²) in [4.78, 5) is 13.7. The van der Waals surface area contributed by atoms with Crippen LogP contribution in [0.2, 0.25) is 5.02 Å². The van der Waals surface area contributed by atoms with E-state index >= 15 is 0 Å². The highest BCUT2D eigenvalue weighted by molar-refractivity contribution is 6.33. The standard InChI is InChI=1S/C12H13ClFNO3/c13-11-5-8(14)1-2-10(11)12(17)15-3-4-18-9(6-15)7-16/h1-2,5,9,16H,3-4,6-7H2. The van der Waals surface area contributed by atoms with Crippen LogP contribution in [0.15, 0.2) is 18.2 Å². The summed E-state index contributed by atoms with van der Waals surface area (Å²) in [5, 5.41) is 9.10. The van der Waals surface area contributed by atoms with Crippen LogP contribution in [-0.4, -0.2) is 48.3 Å². The molecule has 0 spiro atoms. The number of hydrogen-bond donors (Lipinski definition) is 1. The third-order valence-electron chi connectivity index (χ3n) is 2.79. The van der Waals surface area contributed by atoms with E-state index in [9.17, 15) is 9.18 Å². The summed E-state index contributed by atoms with van der Waals surface area (Å²) in [6.45, 7) is 0.975. The molecule has 0 aliphatic carbocycles. The Balaban J connectivity index is 2.15. The van der Waals surface area contributed by atoms with Crippen LogP contribution in [0.25, 0.3) is 0 Å². The predicted octanol–water partition coefficient (Wildman–Crippen LogP) is 1.31. The molecule has 1 N–H and O–H groups in total. The van der Waals surface area contributed by atoms with Crippen LogP contribution in [0.4, 0.5) is 4.39 Å². The fourth-order valence-electron chi connectivity index (χ4n) is 1.85. The smallest absolute Gasteiger partial charge is 0.255 e. The first-order chi connectivity index (χ1) is 8.61. The highest BCUT2D eigenvalue weighted by atomic mass is 35.5. The van der Waals surface area contributed by atoms with Gasteiger partial charge in [0, 0.05) is 13.1 Å². The van der Waals surface area contributed by atoms with Gasteiger partial charge in [0.15, 0.2) is 0 Å². The van der Waals surface area contributed by atoms with E-state index in [0.717, 1.165) is 6.07 Å². The second-order valence-corrected chi connectivity index (χ2v) is 4.46. The SMILES string of the molecule is O=C(c1ccc(F)cc1Cl)N1CCOC(CO)C1. The topological polar surface area (TPSA) is 49.8 Å². The minimum atomic E-state index is -0.480. The number of halogens is 2. The van der Waals surface area contributed by atoms with Gasteiger partial charge in [0.1, 0.15) is 5.82 Å². The molecule has 1 aromatic carbocycles. The number of rotatable bonds is 2. The quantitative estimate of drug-likeness (QED) is 0.884. The van der Waals surface area contributed by atoms with Crippen molar-refractivity contribution in [1.29, 1.82) is 0 Å². The first kappa shape index (κ1) is 13.3. The number of carbonyl (C=O) groups excluding carboxylic acids is 1. The van der Waals surface area contributed by atoms with Gasteiger partial charge in [-0.05, 0) is 18.2 Å². The van der Waals surface area contributed by atoms with E-state index in [2.05, 4.69) is 0 Å². The summed E-state index contributed by atoms with van der Waals surface area (Å²) in [6.07, 6.45) is -0.373. The molecular weight excluding hydrogens is 261 g/mol. The minimum absolute atomic E-state index is 0.0899. The highest BCUT2D eigenvalue weighted by Crippen LogP contribution is 2.20. The van der Waals surface area contributed by atoms with Crippen molar-refractivity contribution in [2.45, 2.75) is 6.10 Å². The molecule has 0 saturated carbocycles. The molecular formula is C12H13ClFNO3. The molecule has 0 bridgehead atoms. The molecule has 1 fully saturated rings. The molecule has 1 aliphatic rings. The van der Waals surface area contributed by atoms with Crippen LogP contribution in [0, 0.1) is 5.82 Å². The van der Waals surface area contributed by atoms with E-state index in [1.54, 1.807) is 4.90 Å². The molecule has 1 aliphatic heterocycles. The van der Waals surface area contributed by atoms with Crippen LogP contribution in [0.3, 0.4) is 0 Å². The second kappa shape index (κ2) is 5.65. The van der Waals surface area contributed by atoms with Crippen LogP contribution in [-0.2, 0) is 4.74 Å². The molecule has 1 aromatic rings. The number of amides is 1. The molecule has 18 heavy (non-hydrogen) atoms. The average Bonchev–Trinajstić information content (AvgIpc) is 2.38. The van der Waals surface area contributed by atoms with Crippen LogP contribution >= 0.6 is 11.6 Å². The number of aliphatic hydroxyl groups is 1. The molecule has 4 nitrogen and oxygen atoms in total. The van der Waals surface area contributed by atoms with E-state index in [4.69, 9.17) is 21.4 Å². The van der Waals surface area contributed by atoms with Crippen molar-refractivity contribution in [3.63, 3.8) is 0 Å². The lowest BCUT2D eigenvalue weighted by Gasteiger charge is -2.32. The fourth-order valence-corrected chi connectivity index (χ4v) is 2.10. The summed E-state index contributed by atoms with van der Waals surface area (Å²) in [5.74, 6) is -0.756. The minimum Gasteiger partial charge on any atom is -0.394 e. The second-order valence-electron chi connectivity index (χ2n) is 4.05. The van der Waals surface area contributed by atoms with Crippen molar-refractivity contribution in [3.8, 4) is 0 Å². The monoisotopic (exact) mass is 273 g/mol. The summed E-state index contributed by atoms with van der Waals surface area (Å²) >= 11 is 5.85. The lowest BCUT2D eigenvalue weighted by atomic mass is 10.1. The molecule has 1 saturated heterocycles. The number of hydrogen-bond acceptors (Lipinski definition) is 3. The van der Waals surface area contributed by atoms with E-state index in [0.29, 0.717) is 19.7 Å². The number of aliphatic hydroxyl groups excluding tert-OH is 1. The highest BCUT2D eigenvalue weighted by Gasteiger charge is 2.25. The van der Waals surface area contributed by atoms with Crippen molar-refractivity contribution in [2.75, 3.05) is 26.3 Å². The van der Waals surface area contributed by atoms with E-state index in [-0.39, 0.29) is 29.2 Å². The van der Waals surface area contributed by atoms with Gasteiger partial charge >= 0.3 is 0 Å². The zero-order chi connectivity index (χ0) is 13.1. The lowest BCUT2D eigenvalue weighted by molar-refractivity contribution is -0.0447. The number of morpholine rings is 1. The van der Waals surface area contributed by atoms with Crippen LogP contribution in [0.1, 0.15) is 10.4 Å². The van der Waals surface area contributed by atoms with Gasteiger partial charge in [0.25, 0.3) is 5.91 Å². The van der Waals surface area contributed by atoms with Gasteiger partial charge in [-0.15, -0.1) is 0 Å². The number of ether oxygens (including phenoxy) is 1. The molecule has 1 heterocycles. The molecule has 1 unspecified atom stereocenters. The summed E-state index contributed by atoms with van der Waals surface area (Å²) in [6, 6.07) is 3.67. The lowest BCUT2D eigenvalue weighted by Crippen LogP contribution is -2.47. The number of carbonyl (C=O) groups is 1. The number of benzene rings is 1. The maximum Gasteiger partial charge on any atom is 0.255 e. The Bertz CT molecular complexity index is 455. The zero-order valence-electron chi connectivity index (χ0n) is 9.60. The fraction of sp³-hybridized carbons (Fsp3) is 0.417. The Kier molecular flexibility index (Phi) is 4.16. The van der Waals surface area contributed by atoms with Gasteiger partial charge in [-0.25, -0.2) is 4.39 Å². The van der Waals surface area contributed by atoms with Crippen LogP contribution < -0.4 is 0 Å². The van der Waals surface area contributed by atoms with E-state index in [1.165, 1.54) is 12.1 Å². The van der Waals surface area contributed by atoms with Gasteiger partial charge in [-0.1, -0.05) is 11.6 Å². The Hall–Kier alpha value is -1.17. The zero-order valence-corrected chi connectivity index (χ0v) is 10.4. The summed E-state index contributed by atoms with van der Waals surface area (Å²) in [7, 11) is 0. The van der Waals surface area contributed by atoms with E-state index in [1.807, 2.05) is 0 Å². The van der Waals surface area contributed by atoms with Crippen molar-refractivity contribution in [2.24, 2.45) is 0 Å². The van der Waals surface area contributed by atoms with Crippen molar-refractivity contribution < 1.29 is 19.0 Å². The third-order valence-corrected chi connectivity index (χ3v) is 3.10. The van der Waals surface area contributed by atoms with Crippen molar-refractivity contribution >= 4 is 17.5 Å². The van der Waals surface area contributed by atoms with Crippen LogP contribution in [0.5, 0.6) is 0 Å². The molecule has 98 valence electrons. The number of nitrogens with zero attached hydrogens (tertiary/aromatic N) is 1. The van der Waals surface area contributed by atoms with Gasteiger partial charge < -0.3 is 14.7 Å². The first-order valence-corrected chi connectivity index (χ1v) is 5.96. The van der Waals surface area contributed by atoms with Gasteiger partial charge in [0.05, 0.1) is 29.9 Å². The molecule has 0 aromatic heterocycles. The molecule has 1 atom stereocenters. The Morgan fingerprint density at radius 3 is 3.06 bits per heavy atom. The van der Waals surface area contributed by atoms with E-state index < -0.39 is 5.82 Å². The van der Waals surface area contributed by atoms with Gasteiger partial charge in [-0.3, -0.25) is 4.79 Å². The third kappa shape index (κ3) is 2.80. The molecule has 1 amide bonds. The largest absolute Gasteiger partial charge is 0.394 e. The molecule has 0 radical (unpaired) electrons. The first-order valence-electron chi connectivity index (χ1n) is 5.58. The normalized spacial score (nSPS) is 19.9. The average molecular weight is 274 g/mol. The molecule has 2 rings (SSSR count). The van der Waals surface area contributed by atoms with Gasteiger partial charge in [0.2, 0.25) is 0 Å². The Morgan fingerprint density at radius 1 is 1.61 bits per heavy atom.